The number of allylic oxidation sites excluding steroid dienone is 1. The van der Waals surface area contributed by atoms with Crippen molar-refractivity contribution in [2.45, 2.75) is 138 Å². The molecule has 0 aromatic rings. The van der Waals surface area contributed by atoms with Crippen LogP contribution >= 0.6 is 0 Å². The van der Waals surface area contributed by atoms with Crippen molar-refractivity contribution in [1.29, 1.82) is 0 Å². The fraction of sp³-hybridized carbons (Fsp3) is 0.865. The molecular weight excluding hydrogens is 588 g/mol. The number of fused-ring (bicyclic) bond motifs is 2. The molecular formula is C37H60O9. The molecule has 9 nitrogen and oxygen atoms in total. The molecule has 0 bridgehead atoms. The van der Waals surface area contributed by atoms with Gasteiger partial charge in [0.1, 0.15) is 12.7 Å². The van der Waals surface area contributed by atoms with Gasteiger partial charge in [-0.1, -0.05) is 47.6 Å². The van der Waals surface area contributed by atoms with Gasteiger partial charge in [-0.25, -0.2) is 0 Å². The van der Waals surface area contributed by atoms with Gasteiger partial charge in [0.25, 0.3) is 0 Å². The van der Waals surface area contributed by atoms with Gasteiger partial charge in [0, 0.05) is 26.2 Å². The van der Waals surface area contributed by atoms with E-state index in [1.54, 1.807) is 0 Å². The minimum Gasteiger partial charge on any atom is -0.465 e. The van der Waals surface area contributed by atoms with E-state index in [1.165, 1.54) is 20.8 Å². The molecule has 4 aliphatic carbocycles. The number of aliphatic hydroxyl groups excluding tert-OH is 3. The van der Waals surface area contributed by atoms with Crippen LogP contribution in [0.25, 0.3) is 0 Å². The van der Waals surface area contributed by atoms with Crippen LogP contribution in [0.3, 0.4) is 0 Å². The van der Waals surface area contributed by atoms with Crippen LogP contribution in [-0.2, 0) is 28.6 Å². The molecule has 0 radical (unpaired) electrons. The van der Waals surface area contributed by atoms with E-state index in [0.29, 0.717) is 25.7 Å². The Morgan fingerprint density at radius 3 is 1.98 bits per heavy atom. The van der Waals surface area contributed by atoms with Gasteiger partial charge in [-0.05, 0) is 90.8 Å². The summed E-state index contributed by atoms with van der Waals surface area (Å²) in [5, 5.41) is 35.3. The maximum absolute atomic E-state index is 12.4. The molecule has 0 aromatic heterocycles. The first-order valence-corrected chi connectivity index (χ1v) is 17.2. The summed E-state index contributed by atoms with van der Waals surface area (Å²) in [6.45, 7) is 21.2. The Hall–Kier alpha value is -1.97. The molecule has 0 heterocycles. The van der Waals surface area contributed by atoms with Crippen molar-refractivity contribution in [2.75, 3.05) is 13.2 Å². The molecule has 0 saturated heterocycles. The molecule has 0 aliphatic heterocycles. The van der Waals surface area contributed by atoms with E-state index < -0.39 is 52.6 Å². The summed E-state index contributed by atoms with van der Waals surface area (Å²) in [6, 6.07) is 0. The lowest BCUT2D eigenvalue weighted by Crippen LogP contribution is -2.71. The van der Waals surface area contributed by atoms with Gasteiger partial charge in [-0.2, -0.15) is 0 Å². The normalized spacial score (nSPS) is 46.7. The summed E-state index contributed by atoms with van der Waals surface area (Å²) >= 11 is 0. The predicted molar refractivity (Wildman–Crippen MR) is 173 cm³/mol. The zero-order valence-electron chi connectivity index (χ0n) is 29.7. The summed E-state index contributed by atoms with van der Waals surface area (Å²) in [4.78, 5) is 36.5. The van der Waals surface area contributed by atoms with Crippen LogP contribution in [-0.4, -0.2) is 70.9 Å². The Kier molecular flexibility index (Phi) is 10.0. The van der Waals surface area contributed by atoms with Crippen LogP contribution in [0.5, 0.6) is 0 Å². The number of ether oxygens (including phenoxy) is 3. The minimum atomic E-state index is -1.16. The van der Waals surface area contributed by atoms with Crippen molar-refractivity contribution < 1.29 is 43.9 Å². The summed E-state index contributed by atoms with van der Waals surface area (Å²) < 4.78 is 17.1. The average molecular weight is 649 g/mol. The maximum Gasteiger partial charge on any atom is 0.303 e. The summed E-state index contributed by atoms with van der Waals surface area (Å²) in [7, 11) is 0. The van der Waals surface area contributed by atoms with Gasteiger partial charge in [0.15, 0.2) is 0 Å². The molecule has 4 aliphatic rings. The third-order valence-corrected chi connectivity index (χ3v) is 14.1. The second-order valence-corrected chi connectivity index (χ2v) is 17.2. The first-order chi connectivity index (χ1) is 21.1. The Bertz CT molecular complexity index is 1200. The smallest absolute Gasteiger partial charge is 0.303 e. The molecule has 0 amide bonds. The number of esters is 3. The fourth-order valence-corrected chi connectivity index (χ4v) is 11.4. The van der Waals surface area contributed by atoms with E-state index >= 15 is 0 Å². The van der Waals surface area contributed by atoms with Gasteiger partial charge in [0.05, 0.1) is 30.3 Å². The van der Waals surface area contributed by atoms with E-state index in [9.17, 15) is 29.7 Å². The maximum atomic E-state index is 12.4. The van der Waals surface area contributed by atoms with Crippen molar-refractivity contribution in [3.05, 3.63) is 12.7 Å². The molecule has 3 unspecified atom stereocenters. The lowest BCUT2D eigenvalue weighted by molar-refractivity contribution is -0.280. The van der Waals surface area contributed by atoms with Crippen molar-refractivity contribution in [1.82, 2.24) is 0 Å². The molecule has 262 valence electrons. The number of hydrogen-bond acceptors (Lipinski definition) is 9. The average Bonchev–Trinajstić information content (AvgIpc) is 2.93. The van der Waals surface area contributed by atoms with Gasteiger partial charge < -0.3 is 29.5 Å². The van der Waals surface area contributed by atoms with Crippen molar-refractivity contribution in [3.8, 4) is 0 Å². The summed E-state index contributed by atoms with van der Waals surface area (Å²) in [5.74, 6) is -1.34. The van der Waals surface area contributed by atoms with E-state index in [-0.39, 0.29) is 53.2 Å². The third kappa shape index (κ3) is 5.74. The summed E-state index contributed by atoms with van der Waals surface area (Å²) in [5.41, 5.74) is -3.20. The zero-order chi connectivity index (χ0) is 34.7. The lowest BCUT2D eigenvalue weighted by Gasteiger charge is -2.70. The second-order valence-electron chi connectivity index (χ2n) is 17.2. The zero-order valence-corrected chi connectivity index (χ0v) is 29.7. The number of aliphatic hydroxyl groups is 3. The molecule has 4 rings (SSSR count). The number of hydrogen-bond donors (Lipinski definition) is 3. The van der Waals surface area contributed by atoms with Crippen LogP contribution in [0, 0.1) is 50.2 Å². The van der Waals surface area contributed by atoms with Crippen LogP contribution < -0.4 is 0 Å². The SMILES string of the molecule is C=CCC1[C@@]2(C)CC[C@H](O)[C@](C)(COC(C)=O)C2CC[C@@]1(C)[C@@]1(C)CC2CC(C)(C)[C@@H](O)[C@H](OC(C)=O)[C@]2(COC(C)=O)[C@H](O)C1. The molecule has 0 spiro atoms. The molecule has 46 heavy (non-hydrogen) atoms. The first-order valence-electron chi connectivity index (χ1n) is 17.2. The van der Waals surface area contributed by atoms with Gasteiger partial charge in [-0.15, -0.1) is 6.58 Å². The van der Waals surface area contributed by atoms with Gasteiger partial charge >= 0.3 is 17.9 Å². The van der Waals surface area contributed by atoms with Crippen molar-refractivity contribution >= 4 is 17.9 Å². The van der Waals surface area contributed by atoms with Crippen LogP contribution in [0.2, 0.25) is 0 Å². The van der Waals surface area contributed by atoms with Gasteiger partial charge in [-0.3, -0.25) is 14.4 Å². The number of carbonyl (C=O) groups is 3. The quantitative estimate of drug-likeness (QED) is 0.180. The highest BCUT2D eigenvalue weighted by Crippen LogP contribution is 2.73. The molecule has 4 fully saturated rings. The fourth-order valence-electron chi connectivity index (χ4n) is 11.4. The first kappa shape index (κ1) is 36.9. The van der Waals surface area contributed by atoms with E-state index in [2.05, 4.69) is 34.3 Å². The highest BCUT2D eigenvalue weighted by Gasteiger charge is 2.71. The molecule has 9 heteroatoms. The Morgan fingerprint density at radius 1 is 0.804 bits per heavy atom. The lowest BCUT2D eigenvalue weighted by atomic mass is 9.35. The Labute approximate surface area is 275 Å². The Morgan fingerprint density at radius 2 is 1.41 bits per heavy atom. The monoisotopic (exact) mass is 648 g/mol. The minimum absolute atomic E-state index is 0.110. The number of rotatable bonds is 8. The van der Waals surface area contributed by atoms with E-state index in [1.807, 2.05) is 19.9 Å². The predicted octanol–water partition coefficient (Wildman–Crippen LogP) is 5.37. The van der Waals surface area contributed by atoms with E-state index in [4.69, 9.17) is 14.2 Å². The van der Waals surface area contributed by atoms with Crippen molar-refractivity contribution in [3.63, 3.8) is 0 Å². The molecule has 3 N–H and O–H groups in total. The highest BCUT2D eigenvalue weighted by atomic mass is 16.6. The molecule has 12 atom stereocenters. The third-order valence-electron chi connectivity index (χ3n) is 14.1. The van der Waals surface area contributed by atoms with E-state index in [0.717, 1.165) is 25.7 Å². The van der Waals surface area contributed by atoms with Crippen LogP contribution in [0.1, 0.15) is 114 Å². The van der Waals surface area contributed by atoms with Crippen LogP contribution in [0.15, 0.2) is 12.7 Å². The largest absolute Gasteiger partial charge is 0.465 e. The van der Waals surface area contributed by atoms with Crippen LogP contribution in [0.4, 0.5) is 0 Å². The number of carbonyl (C=O) groups excluding carboxylic acids is 3. The highest BCUT2D eigenvalue weighted by molar-refractivity contribution is 5.67. The van der Waals surface area contributed by atoms with Crippen molar-refractivity contribution in [2.24, 2.45) is 50.2 Å². The molecule has 0 aromatic carbocycles. The second kappa shape index (κ2) is 12.5. The topological polar surface area (TPSA) is 140 Å². The molecule has 4 saturated carbocycles. The summed E-state index contributed by atoms with van der Waals surface area (Å²) in [6.07, 6.45) is 3.83. The van der Waals surface area contributed by atoms with Gasteiger partial charge in [0.2, 0.25) is 0 Å². The standard InChI is InChI=1S/C37H60O9/c1-11-12-27-34(8)15-14-28(41)35(9,20-44-22(2)38)26(34)13-16-36(27,10)33(7)18-25-17-32(5,6)30(43)31(46-24(4)40)37(25,29(42)19-33)21-45-23(3)39/h11,25-31,41-43H,1,12-21H2,2-10H3/t25?,26?,27?,28-,29+,30-,31-,33-,34-,35+,36+,37-/m0/s1. The Balaban J connectivity index is 1.80.